The van der Waals surface area contributed by atoms with E-state index in [9.17, 15) is 19.4 Å². The van der Waals surface area contributed by atoms with E-state index < -0.39 is 30.1 Å². The van der Waals surface area contributed by atoms with Crippen LogP contribution in [0.15, 0.2) is 89.9 Å². The van der Waals surface area contributed by atoms with Gasteiger partial charge < -0.3 is 10.2 Å². The van der Waals surface area contributed by atoms with E-state index in [1.807, 2.05) is 60.7 Å². The minimum Gasteiger partial charge on any atom is -0.465 e. The number of carboxylic acid groups (broad SMARTS) is 1. The smallest absolute Gasteiger partial charge is 0.413 e. The second-order valence-electron chi connectivity index (χ2n) is 7.18. The Kier molecular flexibility index (Phi) is 5.59. The summed E-state index contributed by atoms with van der Waals surface area (Å²) in [5, 5.41) is 20.7. The highest BCUT2D eigenvalue weighted by molar-refractivity contribution is 5.97. The average molecular weight is 404 g/mol. The maximum atomic E-state index is 13.2. The summed E-state index contributed by atoms with van der Waals surface area (Å²) in [6.07, 6.45) is -2.13. The van der Waals surface area contributed by atoms with E-state index >= 15 is 0 Å². The molecule has 0 saturated carbocycles. The molecule has 0 aromatic heterocycles. The van der Waals surface area contributed by atoms with Crippen LogP contribution >= 0.6 is 0 Å². The summed E-state index contributed by atoms with van der Waals surface area (Å²) in [5.74, 6) is -0.119. The number of aliphatic imine (C=N–C) groups is 1. The van der Waals surface area contributed by atoms with Crippen molar-refractivity contribution in [2.75, 3.05) is 0 Å². The number of halogens is 1. The maximum absolute atomic E-state index is 13.2. The zero-order chi connectivity index (χ0) is 21.1. The molecule has 1 unspecified atom stereocenters. The minimum atomic E-state index is -1.13. The Hall–Kier alpha value is -3.51. The number of carbonyl (C=O) groups is 1. The molecule has 1 amide bonds. The third-order valence-corrected chi connectivity index (χ3v) is 5.26. The molecule has 1 heterocycles. The Balaban J connectivity index is 1.72. The number of rotatable bonds is 5. The first kappa shape index (κ1) is 19.8. The topological polar surface area (TPSA) is 73.1 Å². The van der Waals surface area contributed by atoms with Gasteiger partial charge >= 0.3 is 6.09 Å². The molecule has 1 aliphatic heterocycles. The molecule has 0 bridgehead atoms. The van der Waals surface area contributed by atoms with Crippen molar-refractivity contribution in [1.82, 2.24) is 4.90 Å². The van der Waals surface area contributed by atoms with Gasteiger partial charge in [-0.25, -0.2) is 9.18 Å². The van der Waals surface area contributed by atoms with Crippen molar-refractivity contribution in [2.24, 2.45) is 4.99 Å². The van der Waals surface area contributed by atoms with Crippen LogP contribution in [-0.4, -0.2) is 27.0 Å². The van der Waals surface area contributed by atoms with Crippen molar-refractivity contribution in [2.45, 2.75) is 24.6 Å². The molecule has 0 aliphatic carbocycles. The highest BCUT2D eigenvalue weighted by Crippen LogP contribution is 2.43. The number of hydrogen-bond acceptors (Lipinski definition) is 3. The fourth-order valence-electron chi connectivity index (χ4n) is 3.84. The molecule has 5 nitrogen and oxygen atoms in total. The Morgan fingerprint density at radius 1 is 0.933 bits per heavy atom. The van der Waals surface area contributed by atoms with Crippen LogP contribution in [0.3, 0.4) is 0 Å². The van der Waals surface area contributed by atoms with Gasteiger partial charge in [0.2, 0.25) is 0 Å². The van der Waals surface area contributed by atoms with E-state index in [0.717, 1.165) is 11.1 Å². The van der Waals surface area contributed by atoms with E-state index in [4.69, 9.17) is 4.99 Å². The number of amides is 1. The number of aliphatic hydroxyl groups excluding tert-OH is 1. The zero-order valence-corrected chi connectivity index (χ0v) is 16.1. The average Bonchev–Trinajstić information content (AvgIpc) is 3.15. The molecule has 152 valence electrons. The molecule has 3 atom stereocenters. The molecule has 1 aliphatic rings. The summed E-state index contributed by atoms with van der Waals surface area (Å²) in [7, 11) is 0. The molecule has 3 aromatic rings. The van der Waals surface area contributed by atoms with Crippen LogP contribution in [0.4, 0.5) is 9.18 Å². The van der Waals surface area contributed by atoms with E-state index in [1.165, 1.54) is 29.2 Å². The van der Waals surface area contributed by atoms with Crippen LogP contribution in [0.1, 0.15) is 41.3 Å². The van der Waals surface area contributed by atoms with Crippen LogP contribution in [0.2, 0.25) is 0 Å². The SMILES string of the molecule is O=C(O)N1C(CC(O)c2ccc(F)cc2)=N[C@@H](c2ccccc2)[C@H]1c1ccccc1. The number of hydrogen-bond donors (Lipinski definition) is 2. The van der Waals surface area contributed by atoms with Gasteiger partial charge in [-0.3, -0.25) is 9.89 Å². The van der Waals surface area contributed by atoms with Crippen LogP contribution in [-0.2, 0) is 0 Å². The highest BCUT2D eigenvalue weighted by atomic mass is 19.1. The molecular formula is C24H21FN2O3. The van der Waals surface area contributed by atoms with Gasteiger partial charge in [-0.2, -0.15) is 0 Å². The second-order valence-corrected chi connectivity index (χ2v) is 7.18. The first-order valence-corrected chi connectivity index (χ1v) is 9.67. The molecular weight excluding hydrogens is 383 g/mol. The molecule has 0 radical (unpaired) electrons. The number of benzene rings is 3. The monoisotopic (exact) mass is 404 g/mol. The lowest BCUT2D eigenvalue weighted by atomic mass is 9.94. The van der Waals surface area contributed by atoms with Crippen molar-refractivity contribution in [1.29, 1.82) is 0 Å². The van der Waals surface area contributed by atoms with Crippen LogP contribution in [0.25, 0.3) is 0 Å². The van der Waals surface area contributed by atoms with Crippen molar-refractivity contribution < 1.29 is 19.4 Å². The Bertz CT molecular complexity index is 1040. The third kappa shape index (κ3) is 3.95. The Morgan fingerprint density at radius 3 is 2.07 bits per heavy atom. The van der Waals surface area contributed by atoms with Crippen molar-refractivity contribution in [3.05, 3.63) is 107 Å². The summed E-state index contributed by atoms with van der Waals surface area (Å²) < 4.78 is 13.2. The van der Waals surface area contributed by atoms with Crippen molar-refractivity contribution >= 4 is 11.9 Å². The first-order chi connectivity index (χ1) is 14.5. The maximum Gasteiger partial charge on any atom is 0.413 e. The van der Waals surface area contributed by atoms with Crippen molar-refractivity contribution in [3.8, 4) is 0 Å². The molecule has 2 N–H and O–H groups in total. The van der Waals surface area contributed by atoms with Gasteiger partial charge in [0, 0.05) is 6.42 Å². The van der Waals surface area contributed by atoms with Gasteiger partial charge in [-0.05, 0) is 28.8 Å². The van der Waals surface area contributed by atoms with E-state index in [2.05, 4.69) is 0 Å². The molecule has 0 spiro atoms. The van der Waals surface area contributed by atoms with Crippen LogP contribution in [0, 0.1) is 5.82 Å². The van der Waals surface area contributed by atoms with E-state index in [0.29, 0.717) is 5.56 Å². The fourth-order valence-corrected chi connectivity index (χ4v) is 3.84. The summed E-state index contributed by atoms with van der Waals surface area (Å²) in [6.45, 7) is 0. The fraction of sp³-hybridized carbons (Fsp3) is 0.167. The predicted molar refractivity (Wildman–Crippen MR) is 112 cm³/mol. The van der Waals surface area contributed by atoms with Gasteiger partial charge in [0.05, 0.1) is 12.1 Å². The quantitative estimate of drug-likeness (QED) is 0.620. The van der Waals surface area contributed by atoms with Gasteiger partial charge in [0.1, 0.15) is 17.7 Å². The summed E-state index contributed by atoms with van der Waals surface area (Å²) >= 11 is 0. The molecule has 0 saturated heterocycles. The van der Waals surface area contributed by atoms with Gasteiger partial charge in [-0.15, -0.1) is 0 Å². The second kappa shape index (κ2) is 8.47. The molecule has 6 heteroatoms. The van der Waals surface area contributed by atoms with Gasteiger partial charge in [0.15, 0.2) is 0 Å². The zero-order valence-electron chi connectivity index (χ0n) is 16.1. The van der Waals surface area contributed by atoms with Gasteiger partial charge in [-0.1, -0.05) is 72.8 Å². The predicted octanol–water partition coefficient (Wildman–Crippen LogP) is 5.12. The lowest BCUT2D eigenvalue weighted by Gasteiger charge is -2.27. The largest absolute Gasteiger partial charge is 0.465 e. The van der Waals surface area contributed by atoms with E-state index in [1.54, 1.807) is 0 Å². The molecule has 3 aromatic carbocycles. The van der Waals surface area contributed by atoms with Gasteiger partial charge in [0.25, 0.3) is 0 Å². The van der Waals surface area contributed by atoms with Crippen LogP contribution < -0.4 is 0 Å². The normalized spacial score (nSPS) is 19.4. The summed E-state index contributed by atoms with van der Waals surface area (Å²) in [6, 6.07) is 23.4. The third-order valence-electron chi connectivity index (χ3n) is 5.26. The van der Waals surface area contributed by atoms with E-state index in [-0.39, 0.29) is 12.3 Å². The first-order valence-electron chi connectivity index (χ1n) is 9.67. The van der Waals surface area contributed by atoms with Crippen molar-refractivity contribution in [3.63, 3.8) is 0 Å². The Morgan fingerprint density at radius 2 is 1.50 bits per heavy atom. The molecule has 0 fully saturated rings. The lowest BCUT2D eigenvalue weighted by Crippen LogP contribution is -2.36. The lowest BCUT2D eigenvalue weighted by molar-refractivity contribution is 0.151. The molecule has 30 heavy (non-hydrogen) atoms. The standard InChI is InChI=1S/C24H21FN2O3/c25-19-13-11-16(12-14-19)20(28)15-21-26-22(17-7-3-1-4-8-17)23(27(21)24(29)30)18-9-5-2-6-10-18/h1-14,20,22-23,28H,15H2,(H,29,30)/t20?,22-,23+/m0/s1. The summed E-state index contributed by atoms with van der Waals surface area (Å²) in [5.41, 5.74) is 2.22. The highest BCUT2D eigenvalue weighted by Gasteiger charge is 2.42. The number of nitrogens with zero attached hydrogens (tertiary/aromatic N) is 2. The summed E-state index contributed by atoms with van der Waals surface area (Å²) in [4.78, 5) is 18.2. The number of aliphatic hydroxyl groups is 1. The molecule has 4 rings (SSSR count). The van der Waals surface area contributed by atoms with Crippen LogP contribution in [0.5, 0.6) is 0 Å². The minimum absolute atomic E-state index is 0.00456. The Labute approximate surface area is 173 Å². The number of amidine groups is 1.